The first-order valence-electron chi connectivity index (χ1n) is 19.7. The van der Waals surface area contributed by atoms with E-state index >= 15 is 0 Å². The fraction of sp³-hybridized carbons (Fsp3) is 0.0698. The largest absolute Gasteiger partial charge is 1.00 e. The number of azo groups is 2. The number of carbonyl (C=O) groups excluding carboxylic acids is 5. The van der Waals surface area contributed by atoms with Crippen LogP contribution in [0.15, 0.2) is 149 Å². The molecule has 0 bridgehead atoms. The van der Waals surface area contributed by atoms with Gasteiger partial charge in [-0.15, -0.1) is 0 Å². The van der Waals surface area contributed by atoms with Gasteiger partial charge < -0.3 is 44.6 Å². The van der Waals surface area contributed by atoms with E-state index < -0.39 is 97.5 Å². The van der Waals surface area contributed by atoms with E-state index in [-0.39, 0.29) is 164 Å². The van der Waals surface area contributed by atoms with Gasteiger partial charge in [-0.05, 0) is 110 Å². The number of aromatic carboxylic acids is 2. The summed E-state index contributed by atoms with van der Waals surface area (Å²) in [7, 11) is -13.6. The molecule has 0 radical (unpaired) electrons. The summed E-state index contributed by atoms with van der Waals surface area (Å²) in [4.78, 5) is 59.2. The Balaban J connectivity index is 0.00000481. The van der Waals surface area contributed by atoms with Gasteiger partial charge in [0.05, 0.1) is 55.1 Å². The van der Waals surface area contributed by atoms with Gasteiger partial charge in [0.15, 0.2) is 6.04 Å². The van der Waals surface area contributed by atoms with E-state index in [1.54, 1.807) is 0 Å². The molecule has 1 aliphatic rings. The zero-order valence-corrected chi connectivity index (χ0v) is 50.6. The Morgan fingerprint density at radius 2 is 1.17 bits per heavy atom. The van der Waals surface area contributed by atoms with Crippen molar-refractivity contribution in [2.75, 3.05) is 22.7 Å². The Bertz CT molecular complexity index is 3560. The number of anilines is 3. The van der Waals surface area contributed by atoms with Gasteiger partial charge in [0, 0.05) is 34.7 Å². The first kappa shape index (κ1) is 66.4. The summed E-state index contributed by atoms with van der Waals surface area (Å²) in [6, 6.07) is 16.7. The van der Waals surface area contributed by atoms with E-state index in [0.29, 0.717) is 10.7 Å². The minimum absolute atomic E-state index is 0. The molecule has 0 aromatic heterocycles. The fourth-order valence-electron chi connectivity index (χ4n) is 6.20. The third-order valence-electron chi connectivity index (χ3n) is 9.65. The number of hydrogen-bond donors (Lipinski definition) is 4. The number of carbonyl (C=O) groups is 5. The molecule has 75 heavy (non-hydrogen) atoms. The number of phenols is 1. The van der Waals surface area contributed by atoms with Gasteiger partial charge in [0.25, 0.3) is 5.91 Å². The van der Waals surface area contributed by atoms with Crippen LogP contribution in [0.25, 0.3) is 12.2 Å². The maximum absolute atomic E-state index is 13.4. The number of benzene rings is 5. The van der Waals surface area contributed by atoms with Gasteiger partial charge >= 0.3 is 118 Å². The second-order valence-corrected chi connectivity index (χ2v) is 19.0. The number of nitrogens with zero attached hydrogens (tertiary/aromatic N) is 6. The Hall–Kier alpha value is -4.67. The minimum atomic E-state index is -5.34. The molecule has 6 rings (SSSR count). The predicted octanol–water partition coefficient (Wildman–Crippen LogP) is -9.55. The molecule has 0 saturated carbocycles. The zero-order valence-electron chi connectivity index (χ0n) is 40.1. The van der Waals surface area contributed by atoms with Crippen LogP contribution in [0, 0.1) is 0 Å². The van der Waals surface area contributed by atoms with Crippen molar-refractivity contribution in [3.05, 3.63) is 131 Å². The first-order valence-corrected chi connectivity index (χ1v) is 24.0. The van der Waals surface area contributed by atoms with Crippen molar-refractivity contribution in [3.63, 3.8) is 0 Å². The van der Waals surface area contributed by atoms with Gasteiger partial charge in [-0.3, -0.25) is 14.4 Å². The van der Waals surface area contributed by atoms with Gasteiger partial charge in [-0.2, -0.15) is 30.6 Å². The molecule has 366 valence electrons. The fourth-order valence-corrected chi connectivity index (χ4v) is 8.34. The smallest absolute Gasteiger partial charge is 0.744 e. The van der Waals surface area contributed by atoms with E-state index in [1.165, 1.54) is 49.4 Å². The van der Waals surface area contributed by atoms with Crippen LogP contribution in [0.5, 0.6) is 5.75 Å². The van der Waals surface area contributed by atoms with E-state index in [0.717, 1.165) is 85.9 Å². The van der Waals surface area contributed by atoms with E-state index in [2.05, 4.69) is 36.2 Å². The summed E-state index contributed by atoms with van der Waals surface area (Å²) >= 11 is 0. The molecule has 32 heteroatoms. The molecule has 0 spiro atoms. The van der Waals surface area contributed by atoms with Crippen LogP contribution in [0.3, 0.4) is 0 Å². The average Bonchev–Trinajstić information content (AvgIpc) is 3.60. The number of amides is 3. The van der Waals surface area contributed by atoms with Gasteiger partial charge in [0.1, 0.15) is 26.0 Å². The number of rotatable bonds is 17. The van der Waals surface area contributed by atoms with Crippen LogP contribution in [0.1, 0.15) is 38.8 Å². The first-order chi connectivity index (χ1) is 33.3. The van der Waals surface area contributed by atoms with Crippen molar-refractivity contribution >= 4 is 112 Å². The molecule has 1 heterocycles. The zero-order chi connectivity index (χ0) is 52.0. The van der Waals surface area contributed by atoms with E-state index in [1.807, 2.05) is 4.72 Å². The molecule has 1 unspecified atom stereocenters. The summed E-state index contributed by atoms with van der Waals surface area (Å²) in [6.07, 6.45) is 3.63. The van der Waals surface area contributed by atoms with E-state index in [4.69, 9.17) is 0 Å². The van der Waals surface area contributed by atoms with Crippen LogP contribution in [-0.4, -0.2) is 87.9 Å². The maximum Gasteiger partial charge on any atom is 1.00 e. The summed E-state index contributed by atoms with van der Waals surface area (Å²) in [5.41, 5.74) is -1.99. The average molecular weight is 1120 g/mol. The molecule has 5 aromatic rings. The van der Waals surface area contributed by atoms with Crippen molar-refractivity contribution in [2.45, 2.75) is 27.7 Å². The summed E-state index contributed by atoms with van der Waals surface area (Å²) in [5.74, 6) is -6.56. The third kappa shape index (κ3) is 17.4. The SMILES string of the molecule is CNS(=O)(=O)c1ccc(N=NC2C(=O)N(c3ccc(/C=C/c4ccc(NC(=O)/C=C/C(=O)Nc5ccc(N=Nc6ccc(O)c(C(=O)[O-])c6)cc5)cc4S(=O)(=O)[O-])c(S(=O)(=O)[O-])c3)N=C2C)c(C(=O)[O-])c1.[Na+].[Na+].[Na+].[Na+]. The van der Waals surface area contributed by atoms with Crippen LogP contribution in [0.4, 0.5) is 34.1 Å². The number of sulfonamides is 1. The van der Waals surface area contributed by atoms with E-state index in [9.17, 15) is 73.7 Å². The molecular formula is C43H31N9Na4O16S3. The second-order valence-electron chi connectivity index (χ2n) is 14.4. The number of carboxylic acids is 2. The van der Waals surface area contributed by atoms with Crippen molar-refractivity contribution in [1.82, 2.24) is 4.72 Å². The van der Waals surface area contributed by atoms with Gasteiger partial charge in [-0.25, -0.2) is 30.0 Å². The monoisotopic (exact) mass is 1120 g/mol. The van der Waals surface area contributed by atoms with Crippen molar-refractivity contribution < 1.29 is 192 Å². The Morgan fingerprint density at radius 3 is 1.73 bits per heavy atom. The maximum atomic E-state index is 13.4. The minimum Gasteiger partial charge on any atom is -0.744 e. The molecule has 0 aliphatic carbocycles. The predicted molar refractivity (Wildman–Crippen MR) is 243 cm³/mol. The second kappa shape index (κ2) is 28.1. The molecule has 0 fully saturated rings. The Kier molecular flexibility index (Phi) is 24.9. The molecule has 25 nitrogen and oxygen atoms in total. The summed E-state index contributed by atoms with van der Waals surface area (Å²) in [6.45, 7) is 1.34. The molecule has 0 saturated heterocycles. The van der Waals surface area contributed by atoms with Crippen molar-refractivity contribution in [3.8, 4) is 5.75 Å². The van der Waals surface area contributed by atoms with Crippen molar-refractivity contribution in [1.29, 1.82) is 0 Å². The number of hydrazone groups is 1. The number of carboxylic acid groups (broad SMARTS) is 2. The van der Waals surface area contributed by atoms with Crippen LogP contribution >= 0.6 is 0 Å². The number of aromatic hydroxyl groups is 1. The number of hydrogen-bond acceptors (Lipinski definition) is 21. The van der Waals surface area contributed by atoms with Crippen LogP contribution in [0.2, 0.25) is 0 Å². The molecular weight excluding hydrogens is 1090 g/mol. The molecule has 3 amide bonds. The molecule has 1 atom stereocenters. The summed E-state index contributed by atoms with van der Waals surface area (Å²) in [5, 5.41) is 57.5. The Morgan fingerprint density at radius 1 is 0.653 bits per heavy atom. The Labute approximate surface area is 515 Å². The van der Waals surface area contributed by atoms with Crippen LogP contribution < -0.4 is 149 Å². The quantitative estimate of drug-likeness (QED) is 0.0221. The molecule has 1 aliphatic heterocycles. The topological polar surface area (TPSA) is 401 Å². The number of nitrogens with one attached hydrogen (secondary N) is 3. The van der Waals surface area contributed by atoms with Crippen LogP contribution in [-0.2, 0) is 44.6 Å². The molecule has 4 N–H and O–H groups in total. The normalized spacial score (nSPS) is 13.7. The third-order valence-corrected chi connectivity index (χ3v) is 12.8. The van der Waals surface area contributed by atoms with Gasteiger partial charge in [-0.1, -0.05) is 24.3 Å². The summed E-state index contributed by atoms with van der Waals surface area (Å²) < 4.78 is 101. The van der Waals surface area contributed by atoms with Gasteiger partial charge in [0.2, 0.25) is 21.8 Å². The van der Waals surface area contributed by atoms with Crippen molar-refractivity contribution in [2.24, 2.45) is 25.6 Å². The molecule has 5 aromatic carbocycles. The standard InChI is InChI=1S/C43H35N9O16S3.4Na/c1-23-40(50-49-34-15-14-31(69(61,62)44-2)22-32(34)42(57)58)41(56)52(51-23)30-13-6-25(37(21-30)71(66,67)68)4-3-24-5-7-28(20-36(24)70(63,64)65)46-39(55)18-17-38(54)45-26-8-10-27(11-9-26)47-48-29-12-16-35(53)33(19-29)43(59)60;;;;/h3-22,40,44,53H,1-2H3,(H,45,54)(H,46,55)(H,57,58)(H,59,60)(H,63,64,65)(H,66,67,68);;;;/q;4*+1/p-4/b4-3+,18-17+,48-47?,50-49?;;;;.